The van der Waals surface area contributed by atoms with Crippen LogP contribution in [0.5, 0.6) is 0 Å². The van der Waals surface area contributed by atoms with Crippen LogP contribution in [0.15, 0.2) is 24.3 Å². The Labute approximate surface area is 125 Å². The highest BCUT2D eigenvalue weighted by molar-refractivity contribution is 5.78. The number of ether oxygens (including phenoxy) is 1. The van der Waals surface area contributed by atoms with E-state index in [1.54, 1.807) is 6.92 Å². The topological polar surface area (TPSA) is 67.4 Å². The van der Waals surface area contributed by atoms with Gasteiger partial charge in [-0.15, -0.1) is 0 Å². The molecule has 1 amide bonds. The first-order valence-corrected chi connectivity index (χ1v) is 7.45. The Morgan fingerprint density at radius 1 is 1.38 bits per heavy atom. The number of para-hydroxylation sites is 1. The number of hydrogen-bond acceptors (Lipinski definition) is 4. The third-order valence-electron chi connectivity index (χ3n) is 3.56. The number of amides is 1. The summed E-state index contributed by atoms with van der Waals surface area (Å²) in [6, 6.07) is 8.08. The maximum Gasteiger partial charge on any atom is 0.305 e. The second-order valence-electron chi connectivity index (χ2n) is 5.13. The van der Waals surface area contributed by atoms with E-state index in [-0.39, 0.29) is 17.8 Å². The first kappa shape index (κ1) is 15.4. The summed E-state index contributed by atoms with van der Waals surface area (Å²) in [4.78, 5) is 23.1. The first-order valence-electron chi connectivity index (χ1n) is 7.45. The summed E-state index contributed by atoms with van der Waals surface area (Å²) < 4.78 is 4.84. The summed E-state index contributed by atoms with van der Waals surface area (Å²) in [5.41, 5.74) is 2.33. The number of esters is 1. The van der Waals surface area contributed by atoms with E-state index in [0.29, 0.717) is 32.4 Å². The summed E-state index contributed by atoms with van der Waals surface area (Å²) in [6.07, 6.45) is 1.44. The SMILES string of the molecule is CCOC(=O)CCCNC(=O)CC1CNc2ccccc21. The number of nitrogens with one attached hydrogen (secondary N) is 2. The monoisotopic (exact) mass is 290 g/mol. The minimum Gasteiger partial charge on any atom is -0.466 e. The van der Waals surface area contributed by atoms with Gasteiger partial charge >= 0.3 is 5.97 Å². The zero-order chi connectivity index (χ0) is 15.1. The van der Waals surface area contributed by atoms with Crippen LogP contribution in [-0.4, -0.2) is 31.6 Å². The molecule has 1 heterocycles. The number of carbonyl (C=O) groups is 2. The van der Waals surface area contributed by atoms with Crippen LogP contribution in [0.4, 0.5) is 5.69 Å². The Bertz CT molecular complexity index is 502. The van der Waals surface area contributed by atoms with E-state index >= 15 is 0 Å². The third-order valence-corrected chi connectivity index (χ3v) is 3.56. The quantitative estimate of drug-likeness (QED) is 0.596. The van der Waals surface area contributed by atoms with Crippen molar-refractivity contribution in [3.8, 4) is 0 Å². The van der Waals surface area contributed by atoms with E-state index in [2.05, 4.69) is 16.7 Å². The van der Waals surface area contributed by atoms with Crippen molar-refractivity contribution >= 4 is 17.6 Å². The van der Waals surface area contributed by atoms with Crippen molar-refractivity contribution in [2.45, 2.75) is 32.1 Å². The van der Waals surface area contributed by atoms with Crippen LogP contribution in [0.2, 0.25) is 0 Å². The van der Waals surface area contributed by atoms with Crippen LogP contribution in [0.1, 0.15) is 37.7 Å². The smallest absolute Gasteiger partial charge is 0.305 e. The largest absolute Gasteiger partial charge is 0.466 e. The van der Waals surface area contributed by atoms with E-state index in [1.165, 1.54) is 5.56 Å². The van der Waals surface area contributed by atoms with Gasteiger partial charge in [-0.1, -0.05) is 18.2 Å². The molecular weight excluding hydrogens is 268 g/mol. The van der Waals surface area contributed by atoms with Crippen LogP contribution in [0.3, 0.4) is 0 Å². The maximum absolute atomic E-state index is 11.9. The Morgan fingerprint density at radius 3 is 3.00 bits per heavy atom. The third kappa shape index (κ3) is 4.48. The van der Waals surface area contributed by atoms with Gasteiger partial charge in [0.1, 0.15) is 0 Å². The predicted octanol–water partition coefficient (Wildman–Crippen LogP) is 2.05. The maximum atomic E-state index is 11.9. The van der Waals surface area contributed by atoms with Crippen LogP contribution in [0, 0.1) is 0 Å². The minimum atomic E-state index is -0.208. The molecule has 0 radical (unpaired) electrons. The molecule has 5 nitrogen and oxygen atoms in total. The second kappa shape index (κ2) is 7.67. The molecule has 0 aliphatic carbocycles. The number of fused-ring (bicyclic) bond motifs is 1. The van der Waals surface area contributed by atoms with Gasteiger partial charge in [0, 0.05) is 37.5 Å². The van der Waals surface area contributed by atoms with E-state index in [4.69, 9.17) is 4.74 Å². The molecule has 0 spiro atoms. The molecule has 0 saturated heterocycles. The zero-order valence-corrected chi connectivity index (χ0v) is 12.4. The highest BCUT2D eigenvalue weighted by Gasteiger charge is 2.23. The van der Waals surface area contributed by atoms with Crippen LogP contribution in [-0.2, 0) is 14.3 Å². The lowest BCUT2D eigenvalue weighted by Crippen LogP contribution is -2.27. The molecule has 1 aliphatic rings. The lowest BCUT2D eigenvalue weighted by molar-refractivity contribution is -0.143. The van der Waals surface area contributed by atoms with Gasteiger partial charge in [-0.05, 0) is 25.0 Å². The van der Waals surface area contributed by atoms with Crippen molar-refractivity contribution in [2.24, 2.45) is 0 Å². The molecule has 2 N–H and O–H groups in total. The van der Waals surface area contributed by atoms with Crippen molar-refractivity contribution in [1.82, 2.24) is 5.32 Å². The van der Waals surface area contributed by atoms with Crippen molar-refractivity contribution in [1.29, 1.82) is 0 Å². The van der Waals surface area contributed by atoms with Crippen LogP contribution in [0.25, 0.3) is 0 Å². The standard InChI is InChI=1S/C16H22N2O3/c1-2-21-16(20)8-5-9-17-15(19)10-12-11-18-14-7-4-3-6-13(12)14/h3-4,6-7,12,18H,2,5,8-11H2,1H3,(H,17,19). The molecule has 0 aromatic heterocycles. The van der Waals surface area contributed by atoms with Gasteiger partial charge in [-0.3, -0.25) is 9.59 Å². The fraction of sp³-hybridized carbons (Fsp3) is 0.500. The number of benzene rings is 1. The van der Waals surface area contributed by atoms with Crippen molar-refractivity contribution < 1.29 is 14.3 Å². The Balaban J connectivity index is 1.68. The van der Waals surface area contributed by atoms with Crippen molar-refractivity contribution in [3.05, 3.63) is 29.8 Å². The van der Waals surface area contributed by atoms with Gasteiger partial charge in [0.2, 0.25) is 5.91 Å². The zero-order valence-electron chi connectivity index (χ0n) is 12.4. The number of hydrogen-bond donors (Lipinski definition) is 2. The van der Waals surface area contributed by atoms with E-state index in [9.17, 15) is 9.59 Å². The molecule has 0 fully saturated rings. The lowest BCUT2D eigenvalue weighted by atomic mass is 9.97. The van der Waals surface area contributed by atoms with Crippen molar-refractivity contribution in [3.63, 3.8) is 0 Å². The summed E-state index contributed by atoms with van der Waals surface area (Å²) in [6.45, 7) is 3.50. The van der Waals surface area contributed by atoms with Gasteiger partial charge in [0.15, 0.2) is 0 Å². The molecule has 1 atom stereocenters. The molecule has 1 aromatic rings. The molecule has 5 heteroatoms. The Kier molecular flexibility index (Phi) is 5.60. The van der Waals surface area contributed by atoms with Gasteiger partial charge < -0.3 is 15.4 Å². The molecule has 0 bridgehead atoms. The van der Waals surface area contributed by atoms with Gasteiger partial charge in [-0.25, -0.2) is 0 Å². The lowest BCUT2D eigenvalue weighted by Gasteiger charge is -2.10. The molecule has 2 rings (SSSR count). The van der Waals surface area contributed by atoms with E-state index in [0.717, 1.165) is 12.2 Å². The van der Waals surface area contributed by atoms with Gasteiger partial charge in [0.25, 0.3) is 0 Å². The molecule has 114 valence electrons. The summed E-state index contributed by atoms with van der Waals surface area (Å²) in [5.74, 6) is 0.0503. The minimum absolute atomic E-state index is 0.0300. The Morgan fingerprint density at radius 2 is 2.19 bits per heavy atom. The molecular formula is C16H22N2O3. The molecule has 1 aliphatic heterocycles. The predicted molar refractivity (Wildman–Crippen MR) is 81.2 cm³/mol. The Hall–Kier alpha value is -2.04. The normalized spacial score (nSPS) is 16.0. The van der Waals surface area contributed by atoms with Gasteiger partial charge in [-0.2, -0.15) is 0 Å². The van der Waals surface area contributed by atoms with E-state index in [1.807, 2.05) is 18.2 Å². The average Bonchev–Trinajstić information content (AvgIpc) is 2.87. The van der Waals surface area contributed by atoms with Crippen LogP contribution < -0.4 is 10.6 Å². The highest BCUT2D eigenvalue weighted by Crippen LogP contribution is 2.32. The fourth-order valence-electron chi connectivity index (χ4n) is 2.53. The van der Waals surface area contributed by atoms with Crippen molar-refractivity contribution in [2.75, 3.05) is 25.0 Å². The van der Waals surface area contributed by atoms with E-state index < -0.39 is 0 Å². The van der Waals surface area contributed by atoms with Gasteiger partial charge in [0.05, 0.1) is 6.61 Å². The first-order chi connectivity index (χ1) is 10.2. The molecule has 1 aromatic carbocycles. The summed E-state index contributed by atoms with van der Waals surface area (Å²) >= 11 is 0. The number of carbonyl (C=O) groups excluding carboxylic acids is 2. The second-order valence-corrected chi connectivity index (χ2v) is 5.13. The fourth-order valence-corrected chi connectivity index (χ4v) is 2.53. The molecule has 0 saturated carbocycles. The average molecular weight is 290 g/mol. The highest BCUT2D eigenvalue weighted by atomic mass is 16.5. The number of rotatable bonds is 7. The summed E-state index contributed by atoms with van der Waals surface area (Å²) in [5, 5.41) is 6.17. The number of anilines is 1. The van der Waals surface area contributed by atoms with Crippen LogP contribution >= 0.6 is 0 Å². The molecule has 1 unspecified atom stereocenters. The molecule has 21 heavy (non-hydrogen) atoms. The summed E-state index contributed by atoms with van der Waals surface area (Å²) in [7, 11) is 0.